The van der Waals surface area contributed by atoms with Crippen molar-refractivity contribution < 1.29 is 23.9 Å². The van der Waals surface area contributed by atoms with Gasteiger partial charge in [0.05, 0.1) is 23.4 Å². The van der Waals surface area contributed by atoms with Crippen LogP contribution in [0.25, 0.3) is 0 Å². The maximum Gasteiger partial charge on any atom is 0.326 e. The summed E-state index contributed by atoms with van der Waals surface area (Å²) in [6.07, 6.45) is -1.12. The first kappa shape index (κ1) is 23.8. The fourth-order valence-corrected chi connectivity index (χ4v) is 3.03. The van der Waals surface area contributed by atoms with Gasteiger partial charge in [-0.3, -0.25) is 14.4 Å². The van der Waals surface area contributed by atoms with Gasteiger partial charge in [-0.05, 0) is 43.7 Å². The quantitative estimate of drug-likeness (QED) is 0.586. The summed E-state index contributed by atoms with van der Waals surface area (Å²) in [4.78, 5) is 36.5. The third-order valence-corrected chi connectivity index (χ3v) is 4.94. The molecule has 0 radical (unpaired) electrons. The Morgan fingerprint density at radius 3 is 2.40 bits per heavy atom. The van der Waals surface area contributed by atoms with Gasteiger partial charge in [0.15, 0.2) is 6.10 Å². The number of amides is 2. The lowest BCUT2D eigenvalue weighted by molar-refractivity contribution is -0.152. The van der Waals surface area contributed by atoms with Crippen LogP contribution in [0.3, 0.4) is 0 Å². The fraction of sp³-hybridized carbons (Fsp3) is 0.250. The van der Waals surface area contributed by atoms with Gasteiger partial charge in [-0.1, -0.05) is 34.8 Å². The number of rotatable bonds is 7. The second-order valence-corrected chi connectivity index (χ2v) is 7.48. The van der Waals surface area contributed by atoms with Gasteiger partial charge in [0.2, 0.25) is 0 Å². The molecule has 0 aromatic heterocycles. The Balaban J connectivity index is 1.91. The third kappa shape index (κ3) is 6.26. The van der Waals surface area contributed by atoms with E-state index in [1.54, 1.807) is 19.1 Å². The van der Waals surface area contributed by atoms with E-state index in [2.05, 4.69) is 10.6 Å². The molecule has 0 heterocycles. The molecule has 2 aromatic rings. The number of carbonyl (C=O) groups excluding carboxylic acids is 3. The average Bonchev–Trinajstić information content (AvgIpc) is 2.68. The first-order valence-electron chi connectivity index (χ1n) is 8.70. The number of carbonyl (C=O) groups is 3. The number of methoxy groups -OCH3 is 1. The molecule has 7 nitrogen and oxygen atoms in total. The van der Waals surface area contributed by atoms with Gasteiger partial charge >= 0.3 is 5.97 Å². The summed E-state index contributed by atoms with van der Waals surface area (Å²) in [5.74, 6) is -1.58. The topological polar surface area (TPSA) is 93.7 Å². The minimum absolute atomic E-state index is 0.147. The van der Waals surface area contributed by atoms with Crippen molar-refractivity contribution in [2.75, 3.05) is 19.0 Å². The van der Waals surface area contributed by atoms with Gasteiger partial charge < -0.3 is 20.1 Å². The van der Waals surface area contributed by atoms with Crippen molar-refractivity contribution in [3.63, 3.8) is 0 Å². The van der Waals surface area contributed by atoms with Gasteiger partial charge in [0.1, 0.15) is 12.3 Å². The molecular formula is C20H19Cl3N2O5. The van der Waals surface area contributed by atoms with Crippen LogP contribution in [0.4, 0.5) is 5.69 Å². The number of hydrogen-bond acceptors (Lipinski definition) is 5. The summed E-state index contributed by atoms with van der Waals surface area (Å²) in [7, 11) is 1.44. The van der Waals surface area contributed by atoms with Crippen molar-refractivity contribution in [3.8, 4) is 5.75 Å². The van der Waals surface area contributed by atoms with Crippen molar-refractivity contribution in [1.82, 2.24) is 5.32 Å². The molecule has 2 aromatic carbocycles. The minimum Gasteiger partial charge on any atom is -0.495 e. The number of halogens is 3. The van der Waals surface area contributed by atoms with Crippen molar-refractivity contribution in [3.05, 3.63) is 56.5 Å². The largest absolute Gasteiger partial charge is 0.495 e. The highest BCUT2D eigenvalue weighted by Gasteiger charge is 2.21. The summed E-state index contributed by atoms with van der Waals surface area (Å²) in [6.45, 7) is 2.73. The monoisotopic (exact) mass is 472 g/mol. The molecule has 0 spiro atoms. The molecule has 1 atom stereocenters. The van der Waals surface area contributed by atoms with Gasteiger partial charge in [0, 0.05) is 16.1 Å². The van der Waals surface area contributed by atoms with Crippen LogP contribution in [0.1, 0.15) is 22.8 Å². The van der Waals surface area contributed by atoms with E-state index in [9.17, 15) is 14.4 Å². The van der Waals surface area contributed by atoms with Crippen LogP contribution in [-0.4, -0.2) is 37.5 Å². The van der Waals surface area contributed by atoms with Crippen molar-refractivity contribution in [2.24, 2.45) is 0 Å². The van der Waals surface area contributed by atoms with Crippen molar-refractivity contribution >= 4 is 58.3 Å². The molecule has 0 aliphatic rings. The third-order valence-electron chi connectivity index (χ3n) is 3.99. The number of hydrogen-bond donors (Lipinski definition) is 2. The second-order valence-electron chi connectivity index (χ2n) is 6.23. The maximum absolute atomic E-state index is 12.4. The number of anilines is 1. The van der Waals surface area contributed by atoms with Gasteiger partial charge in [-0.2, -0.15) is 0 Å². The van der Waals surface area contributed by atoms with E-state index in [1.165, 1.54) is 32.2 Å². The fourth-order valence-electron chi connectivity index (χ4n) is 2.38. The normalized spacial score (nSPS) is 11.4. The van der Waals surface area contributed by atoms with Gasteiger partial charge in [-0.15, -0.1) is 0 Å². The average molecular weight is 474 g/mol. The van der Waals surface area contributed by atoms with Crippen LogP contribution < -0.4 is 15.4 Å². The molecule has 30 heavy (non-hydrogen) atoms. The maximum atomic E-state index is 12.4. The molecule has 0 aliphatic carbocycles. The molecule has 0 saturated carbocycles. The van der Waals surface area contributed by atoms with Crippen LogP contribution in [0.15, 0.2) is 30.3 Å². The molecule has 0 bridgehead atoms. The Morgan fingerprint density at radius 1 is 1.07 bits per heavy atom. The summed E-state index contributed by atoms with van der Waals surface area (Å²) in [5.41, 5.74) is 1.28. The molecule has 0 fully saturated rings. The Bertz CT molecular complexity index is 981. The smallest absolute Gasteiger partial charge is 0.326 e. The van der Waals surface area contributed by atoms with Crippen LogP contribution >= 0.6 is 34.8 Å². The molecule has 2 amide bonds. The minimum atomic E-state index is -1.12. The highest BCUT2D eigenvalue weighted by Crippen LogP contribution is 2.31. The summed E-state index contributed by atoms with van der Waals surface area (Å²) in [5, 5.41) is 6.01. The Hall–Kier alpha value is -2.48. The van der Waals surface area contributed by atoms with E-state index in [0.717, 1.165) is 5.56 Å². The summed E-state index contributed by atoms with van der Waals surface area (Å²) < 4.78 is 10.3. The molecule has 10 heteroatoms. The molecular weight excluding hydrogens is 455 g/mol. The SMILES string of the molecule is COc1cc(Cl)c(C)cc1NC(=O)C(C)OC(=O)CNC(=O)c1ccc(Cl)cc1Cl. The summed E-state index contributed by atoms with van der Waals surface area (Å²) in [6, 6.07) is 7.56. The van der Waals surface area contributed by atoms with Gasteiger partial charge in [0.25, 0.3) is 11.8 Å². The zero-order chi connectivity index (χ0) is 22.4. The number of benzene rings is 2. The first-order chi connectivity index (χ1) is 14.1. The van der Waals surface area contributed by atoms with Crippen LogP contribution in [-0.2, 0) is 14.3 Å². The Labute approximate surface area is 188 Å². The van der Waals surface area contributed by atoms with Crippen molar-refractivity contribution in [1.29, 1.82) is 0 Å². The predicted octanol–water partition coefficient (Wildman–Crippen LogP) is 4.26. The van der Waals surface area contributed by atoms with E-state index in [0.29, 0.717) is 21.5 Å². The van der Waals surface area contributed by atoms with E-state index in [1.807, 2.05) is 0 Å². The summed E-state index contributed by atoms with van der Waals surface area (Å²) >= 11 is 17.8. The van der Waals surface area contributed by atoms with Crippen LogP contribution in [0.2, 0.25) is 15.1 Å². The van der Waals surface area contributed by atoms with E-state index in [-0.39, 0.29) is 10.6 Å². The molecule has 160 valence electrons. The number of nitrogens with one attached hydrogen (secondary N) is 2. The van der Waals surface area contributed by atoms with E-state index in [4.69, 9.17) is 44.3 Å². The number of ether oxygens (including phenoxy) is 2. The molecule has 2 N–H and O–H groups in total. The van der Waals surface area contributed by atoms with E-state index >= 15 is 0 Å². The highest BCUT2D eigenvalue weighted by molar-refractivity contribution is 6.36. The lowest BCUT2D eigenvalue weighted by atomic mass is 10.2. The van der Waals surface area contributed by atoms with Crippen LogP contribution in [0, 0.1) is 6.92 Å². The Kier molecular flexibility index (Phi) is 8.34. The zero-order valence-corrected chi connectivity index (χ0v) is 18.6. The highest BCUT2D eigenvalue weighted by atomic mass is 35.5. The zero-order valence-electron chi connectivity index (χ0n) is 16.3. The standard InChI is InChI=1S/C20H19Cl3N2O5/c1-10-6-16(17(29-3)8-14(10)22)25-19(27)11(2)30-18(26)9-24-20(28)13-5-4-12(21)7-15(13)23/h4-8,11H,9H2,1-3H3,(H,24,28)(H,25,27). The Morgan fingerprint density at radius 2 is 1.77 bits per heavy atom. The van der Waals surface area contributed by atoms with Gasteiger partial charge in [-0.25, -0.2) is 0 Å². The predicted molar refractivity (Wildman–Crippen MR) is 116 cm³/mol. The molecule has 2 rings (SSSR count). The molecule has 0 aliphatic heterocycles. The number of aryl methyl sites for hydroxylation is 1. The lowest BCUT2D eigenvalue weighted by Gasteiger charge is -2.16. The first-order valence-corrected chi connectivity index (χ1v) is 9.83. The lowest BCUT2D eigenvalue weighted by Crippen LogP contribution is -2.36. The molecule has 0 saturated heterocycles. The second kappa shape index (κ2) is 10.5. The van der Waals surface area contributed by atoms with Crippen LogP contribution in [0.5, 0.6) is 5.75 Å². The van der Waals surface area contributed by atoms with Crippen molar-refractivity contribution in [2.45, 2.75) is 20.0 Å². The molecule has 1 unspecified atom stereocenters. The number of esters is 1. The van der Waals surface area contributed by atoms with E-state index < -0.39 is 30.4 Å².